The van der Waals surface area contributed by atoms with E-state index in [0.717, 1.165) is 24.5 Å². The first-order valence-corrected chi connectivity index (χ1v) is 7.19. The van der Waals surface area contributed by atoms with Gasteiger partial charge in [0.05, 0.1) is 18.5 Å². The quantitative estimate of drug-likeness (QED) is 0.842. The minimum Gasteiger partial charge on any atom is -0.467 e. The van der Waals surface area contributed by atoms with Crippen LogP contribution in [0.2, 0.25) is 0 Å². The highest BCUT2D eigenvalue weighted by Crippen LogP contribution is 2.32. The molecule has 3 rings (SSSR count). The monoisotopic (exact) mass is 275 g/mol. The van der Waals surface area contributed by atoms with Gasteiger partial charge in [0.2, 0.25) is 0 Å². The van der Waals surface area contributed by atoms with Crippen LogP contribution in [-0.2, 0) is 13.1 Å². The van der Waals surface area contributed by atoms with Crippen LogP contribution in [0, 0.1) is 0 Å². The molecule has 0 saturated heterocycles. The van der Waals surface area contributed by atoms with E-state index in [0.29, 0.717) is 18.1 Å². The highest BCUT2D eigenvalue weighted by atomic mass is 16.4. The molecule has 0 aromatic carbocycles. The summed E-state index contributed by atoms with van der Waals surface area (Å²) in [5, 5.41) is 3.34. The van der Waals surface area contributed by atoms with Gasteiger partial charge in [0.25, 0.3) is 6.01 Å². The van der Waals surface area contributed by atoms with Crippen molar-refractivity contribution in [2.24, 2.45) is 0 Å². The molecular formula is C15H21N3O2. The second kappa shape index (κ2) is 5.71. The van der Waals surface area contributed by atoms with Gasteiger partial charge >= 0.3 is 0 Å². The fraction of sp³-hybridized carbons (Fsp3) is 0.533. The molecule has 0 bridgehead atoms. The van der Waals surface area contributed by atoms with Crippen LogP contribution in [0.1, 0.15) is 38.1 Å². The molecule has 20 heavy (non-hydrogen) atoms. The smallest absolute Gasteiger partial charge is 0.298 e. The average Bonchev–Trinajstić information content (AvgIpc) is 2.95. The summed E-state index contributed by atoms with van der Waals surface area (Å²) in [4.78, 5) is 6.77. The number of nitrogens with one attached hydrogen (secondary N) is 1. The lowest BCUT2D eigenvalue weighted by Gasteiger charge is -2.18. The van der Waals surface area contributed by atoms with Crippen molar-refractivity contribution in [3.05, 3.63) is 36.1 Å². The summed E-state index contributed by atoms with van der Waals surface area (Å²) in [5.74, 6) is 0.942. The highest BCUT2D eigenvalue weighted by molar-refractivity contribution is 5.32. The maximum absolute atomic E-state index is 5.64. The third-order valence-corrected chi connectivity index (χ3v) is 3.37. The van der Waals surface area contributed by atoms with Crippen molar-refractivity contribution in [1.82, 2.24) is 10.3 Å². The second-order valence-corrected chi connectivity index (χ2v) is 5.60. The number of oxazole rings is 1. The molecule has 0 unspecified atom stereocenters. The van der Waals surface area contributed by atoms with Crippen molar-refractivity contribution in [2.45, 2.75) is 51.9 Å². The summed E-state index contributed by atoms with van der Waals surface area (Å²) in [6.07, 6.45) is 5.83. The van der Waals surface area contributed by atoms with Crippen molar-refractivity contribution in [2.75, 3.05) is 4.90 Å². The summed E-state index contributed by atoms with van der Waals surface area (Å²) in [6.45, 7) is 5.69. The number of hydrogen-bond donors (Lipinski definition) is 1. The van der Waals surface area contributed by atoms with E-state index >= 15 is 0 Å². The minimum atomic E-state index is 0.442. The lowest BCUT2D eigenvalue weighted by atomic mass is 10.3. The fourth-order valence-corrected chi connectivity index (χ4v) is 2.13. The topological polar surface area (TPSA) is 54.4 Å². The van der Waals surface area contributed by atoms with E-state index in [4.69, 9.17) is 8.83 Å². The van der Waals surface area contributed by atoms with Gasteiger partial charge in [0, 0.05) is 18.6 Å². The van der Waals surface area contributed by atoms with E-state index in [2.05, 4.69) is 29.0 Å². The van der Waals surface area contributed by atoms with Crippen molar-refractivity contribution in [3.8, 4) is 0 Å². The van der Waals surface area contributed by atoms with Crippen molar-refractivity contribution < 1.29 is 8.83 Å². The molecule has 2 aromatic heterocycles. The number of nitrogens with zero attached hydrogens (tertiary/aromatic N) is 2. The van der Waals surface area contributed by atoms with Crippen molar-refractivity contribution in [1.29, 1.82) is 0 Å². The van der Waals surface area contributed by atoms with E-state index in [1.54, 1.807) is 12.5 Å². The van der Waals surface area contributed by atoms with Gasteiger partial charge in [-0.15, -0.1) is 0 Å². The van der Waals surface area contributed by atoms with E-state index in [9.17, 15) is 0 Å². The summed E-state index contributed by atoms with van der Waals surface area (Å²) in [5.41, 5.74) is 0.943. The second-order valence-electron chi connectivity index (χ2n) is 5.60. The van der Waals surface area contributed by atoms with Crippen LogP contribution < -0.4 is 10.2 Å². The van der Waals surface area contributed by atoms with Crippen LogP contribution in [0.15, 0.2) is 33.5 Å². The summed E-state index contributed by atoms with van der Waals surface area (Å²) >= 11 is 0. The van der Waals surface area contributed by atoms with Crippen LogP contribution >= 0.6 is 0 Å². The molecular weight excluding hydrogens is 254 g/mol. The molecule has 1 aliphatic rings. The number of anilines is 1. The predicted octanol–water partition coefficient (Wildman–Crippen LogP) is 2.93. The molecule has 1 fully saturated rings. The molecule has 1 N–H and O–H groups in total. The maximum atomic E-state index is 5.64. The van der Waals surface area contributed by atoms with Gasteiger partial charge in [-0.05, 0) is 25.0 Å². The van der Waals surface area contributed by atoms with Crippen LogP contribution in [0.5, 0.6) is 0 Å². The Morgan fingerprint density at radius 1 is 1.40 bits per heavy atom. The fourth-order valence-electron chi connectivity index (χ4n) is 2.13. The Bertz CT molecular complexity index is 529. The molecule has 1 aliphatic carbocycles. The maximum Gasteiger partial charge on any atom is 0.298 e. The molecule has 5 heteroatoms. The Kier molecular flexibility index (Phi) is 3.78. The molecule has 0 amide bonds. The predicted molar refractivity (Wildman–Crippen MR) is 76.4 cm³/mol. The molecule has 0 atom stereocenters. The van der Waals surface area contributed by atoms with E-state index < -0.39 is 0 Å². The van der Waals surface area contributed by atoms with Gasteiger partial charge in [0.1, 0.15) is 12.0 Å². The van der Waals surface area contributed by atoms with E-state index in [1.807, 2.05) is 12.1 Å². The summed E-state index contributed by atoms with van der Waals surface area (Å²) in [6, 6.07) is 5.57. The lowest BCUT2D eigenvalue weighted by molar-refractivity contribution is 0.476. The van der Waals surface area contributed by atoms with Gasteiger partial charge < -0.3 is 19.1 Å². The van der Waals surface area contributed by atoms with Gasteiger partial charge in [-0.2, -0.15) is 4.98 Å². The van der Waals surface area contributed by atoms with Crippen LogP contribution in [-0.4, -0.2) is 17.1 Å². The largest absolute Gasteiger partial charge is 0.467 e. The van der Waals surface area contributed by atoms with Crippen LogP contribution in [0.4, 0.5) is 6.01 Å². The zero-order valence-corrected chi connectivity index (χ0v) is 12.0. The molecule has 5 nitrogen and oxygen atoms in total. The normalized spacial score (nSPS) is 14.9. The van der Waals surface area contributed by atoms with Gasteiger partial charge in [-0.25, -0.2) is 0 Å². The third-order valence-electron chi connectivity index (χ3n) is 3.37. The Hall–Kier alpha value is -1.75. The van der Waals surface area contributed by atoms with E-state index in [-0.39, 0.29) is 0 Å². The molecule has 2 aromatic rings. The Balaban J connectivity index is 1.68. The third kappa shape index (κ3) is 3.22. The number of aromatic nitrogens is 1. The zero-order valence-electron chi connectivity index (χ0n) is 12.0. The van der Waals surface area contributed by atoms with E-state index in [1.165, 1.54) is 12.8 Å². The van der Waals surface area contributed by atoms with Crippen molar-refractivity contribution >= 4 is 6.01 Å². The molecule has 1 saturated carbocycles. The first-order chi connectivity index (χ1) is 9.72. The van der Waals surface area contributed by atoms with Crippen molar-refractivity contribution in [3.63, 3.8) is 0 Å². The van der Waals surface area contributed by atoms with Crippen LogP contribution in [0.25, 0.3) is 0 Å². The Labute approximate surface area is 119 Å². The first-order valence-electron chi connectivity index (χ1n) is 7.19. The lowest BCUT2D eigenvalue weighted by Crippen LogP contribution is -2.25. The Morgan fingerprint density at radius 3 is 2.90 bits per heavy atom. The van der Waals surface area contributed by atoms with Gasteiger partial charge in [-0.1, -0.05) is 13.8 Å². The first kappa shape index (κ1) is 13.2. The minimum absolute atomic E-state index is 0.442. The molecule has 108 valence electrons. The zero-order chi connectivity index (χ0) is 13.9. The highest BCUT2D eigenvalue weighted by Gasteiger charge is 2.32. The molecule has 0 spiro atoms. The summed E-state index contributed by atoms with van der Waals surface area (Å²) in [7, 11) is 0. The molecule has 2 heterocycles. The molecule has 0 radical (unpaired) electrons. The van der Waals surface area contributed by atoms with Crippen LogP contribution in [0.3, 0.4) is 0 Å². The number of rotatable bonds is 7. The standard InChI is InChI=1S/C15H21N3O2/c1-11(2)16-8-12-10-20-15(17-12)18(13-5-6-13)9-14-4-3-7-19-14/h3-4,7,10-11,13,16H,5-6,8-9H2,1-2H3. The van der Waals surface area contributed by atoms with Gasteiger partial charge in [-0.3, -0.25) is 0 Å². The summed E-state index contributed by atoms with van der Waals surface area (Å²) < 4.78 is 11.1. The SMILES string of the molecule is CC(C)NCc1coc(N(Cc2ccco2)C2CC2)n1. The molecule has 0 aliphatic heterocycles. The van der Waals surface area contributed by atoms with Gasteiger partial charge in [0.15, 0.2) is 0 Å². The Morgan fingerprint density at radius 2 is 2.25 bits per heavy atom. The number of furan rings is 1. The average molecular weight is 275 g/mol. The number of hydrogen-bond acceptors (Lipinski definition) is 5.